The Balaban J connectivity index is 1.65. The molecule has 0 saturated heterocycles. The van der Waals surface area contributed by atoms with Gasteiger partial charge in [-0.25, -0.2) is 9.79 Å². The summed E-state index contributed by atoms with van der Waals surface area (Å²) < 4.78 is 23.4. The Hall–Kier alpha value is -4.12. The second kappa shape index (κ2) is 11.4. The molecule has 0 amide bonds. The van der Waals surface area contributed by atoms with Crippen LogP contribution in [0, 0.1) is 0 Å². The van der Waals surface area contributed by atoms with Crippen molar-refractivity contribution in [1.82, 2.24) is 4.57 Å². The maximum atomic E-state index is 13.8. The van der Waals surface area contributed by atoms with Crippen molar-refractivity contribution < 1.29 is 28.2 Å². The molecule has 4 aromatic rings. The number of fused-ring (bicyclic) bond motifs is 1. The second-order valence-corrected chi connectivity index (χ2v) is 10.7. The predicted molar refractivity (Wildman–Crippen MR) is 154 cm³/mol. The summed E-state index contributed by atoms with van der Waals surface area (Å²) in [6, 6.07) is 12.6. The van der Waals surface area contributed by atoms with Crippen molar-refractivity contribution in [2.45, 2.75) is 19.9 Å². The van der Waals surface area contributed by atoms with Crippen LogP contribution >= 0.6 is 34.5 Å². The number of nitrogens with zero attached hydrogens (tertiary/aromatic N) is 2. The molecule has 12 heteroatoms. The van der Waals surface area contributed by atoms with Gasteiger partial charge in [0.1, 0.15) is 11.5 Å². The smallest absolute Gasteiger partial charge is 0.338 e. The van der Waals surface area contributed by atoms with E-state index in [1.807, 2.05) is 0 Å². The molecule has 5 rings (SSSR count). The lowest BCUT2D eigenvalue weighted by Crippen LogP contribution is -2.39. The summed E-state index contributed by atoms with van der Waals surface area (Å²) in [6.07, 6.45) is 1.60. The van der Waals surface area contributed by atoms with Crippen molar-refractivity contribution in [3.8, 4) is 22.8 Å². The number of esters is 2. The third-order valence-electron chi connectivity index (χ3n) is 6.30. The van der Waals surface area contributed by atoms with Gasteiger partial charge in [-0.3, -0.25) is 14.2 Å². The maximum absolute atomic E-state index is 13.8. The summed E-state index contributed by atoms with van der Waals surface area (Å²) in [5.41, 5.74) is 1.33. The molecule has 9 nitrogen and oxygen atoms in total. The van der Waals surface area contributed by atoms with E-state index in [0.29, 0.717) is 47.7 Å². The minimum Gasteiger partial charge on any atom is -0.493 e. The number of thiazole rings is 1. The molecule has 0 saturated carbocycles. The van der Waals surface area contributed by atoms with Crippen molar-refractivity contribution in [3.63, 3.8) is 0 Å². The number of aromatic nitrogens is 1. The molecule has 2 aromatic carbocycles. The van der Waals surface area contributed by atoms with E-state index in [0.717, 1.165) is 11.3 Å². The Morgan fingerprint density at radius 2 is 1.88 bits per heavy atom. The number of hydrogen-bond acceptors (Lipinski definition) is 9. The van der Waals surface area contributed by atoms with Gasteiger partial charge in [-0.05, 0) is 48.9 Å². The van der Waals surface area contributed by atoms with E-state index in [2.05, 4.69) is 4.99 Å². The Morgan fingerprint density at radius 3 is 2.59 bits per heavy atom. The van der Waals surface area contributed by atoms with Crippen LogP contribution in [-0.2, 0) is 14.3 Å². The number of halogens is 2. The highest BCUT2D eigenvalue weighted by Crippen LogP contribution is 2.37. The van der Waals surface area contributed by atoms with Crippen LogP contribution in [0.1, 0.15) is 31.2 Å². The Kier molecular flexibility index (Phi) is 7.90. The van der Waals surface area contributed by atoms with E-state index in [9.17, 15) is 14.4 Å². The van der Waals surface area contributed by atoms with Gasteiger partial charge in [0.2, 0.25) is 0 Å². The third-order valence-corrected chi connectivity index (χ3v) is 8.10. The minimum atomic E-state index is -0.890. The van der Waals surface area contributed by atoms with Gasteiger partial charge in [0.05, 0.1) is 46.1 Å². The van der Waals surface area contributed by atoms with E-state index in [4.69, 9.17) is 41.8 Å². The molecule has 0 bridgehead atoms. The van der Waals surface area contributed by atoms with Crippen LogP contribution in [0.25, 0.3) is 17.4 Å². The average molecular weight is 613 g/mol. The number of carbonyl (C=O) groups is 2. The third kappa shape index (κ3) is 5.33. The largest absolute Gasteiger partial charge is 0.493 e. The first-order chi connectivity index (χ1) is 19.6. The lowest BCUT2D eigenvalue weighted by molar-refractivity contribution is -0.136. The van der Waals surface area contributed by atoms with Crippen LogP contribution in [0.2, 0.25) is 10.0 Å². The van der Waals surface area contributed by atoms with Crippen molar-refractivity contribution in [1.29, 1.82) is 0 Å². The molecule has 41 heavy (non-hydrogen) atoms. The van der Waals surface area contributed by atoms with Gasteiger partial charge < -0.3 is 18.6 Å². The van der Waals surface area contributed by atoms with Crippen LogP contribution in [0.4, 0.5) is 0 Å². The molecular formula is C29H22Cl2N2O7S. The number of ether oxygens (including phenoxy) is 3. The summed E-state index contributed by atoms with van der Waals surface area (Å²) in [4.78, 5) is 43.2. The Morgan fingerprint density at radius 1 is 1.10 bits per heavy atom. The van der Waals surface area contributed by atoms with Crippen LogP contribution < -0.4 is 24.4 Å². The first-order valence-electron chi connectivity index (χ1n) is 12.1. The molecule has 210 valence electrons. The fraction of sp³-hybridized carbons (Fsp3) is 0.172. The number of rotatable bonds is 6. The highest BCUT2D eigenvalue weighted by atomic mass is 35.5. The lowest BCUT2D eigenvalue weighted by atomic mass is 9.95. The normalized spacial score (nSPS) is 14.9. The summed E-state index contributed by atoms with van der Waals surface area (Å²) in [7, 11) is 2.68. The summed E-state index contributed by atoms with van der Waals surface area (Å²) in [5, 5.41) is 0.750. The first kappa shape index (κ1) is 28.4. The van der Waals surface area contributed by atoms with Gasteiger partial charge in [-0.2, -0.15) is 0 Å². The van der Waals surface area contributed by atoms with Crippen molar-refractivity contribution in [2.75, 3.05) is 14.2 Å². The topological polar surface area (TPSA) is 109 Å². The van der Waals surface area contributed by atoms with Crippen LogP contribution in [0.5, 0.6) is 11.5 Å². The number of benzene rings is 2. The van der Waals surface area contributed by atoms with Gasteiger partial charge in [0, 0.05) is 18.6 Å². The monoisotopic (exact) mass is 612 g/mol. The molecule has 0 N–H and O–H groups in total. The summed E-state index contributed by atoms with van der Waals surface area (Å²) >= 11 is 13.6. The number of carbonyl (C=O) groups excluding carboxylic acids is 2. The zero-order valence-corrected chi connectivity index (χ0v) is 24.5. The van der Waals surface area contributed by atoms with Gasteiger partial charge in [-0.1, -0.05) is 46.7 Å². The first-order valence-corrected chi connectivity index (χ1v) is 13.7. The number of hydrogen-bond donors (Lipinski definition) is 0. The van der Waals surface area contributed by atoms with E-state index >= 15 is 0 Å². The van der Waals surface area contributed by atoms with Gasteiger partial charge in [0.15, 0.2) is 16.3 Å². The molecule has 3 heterocycles. The summed E-state index contributed by atoms with van der Waals surface area (Å²) in [5.74, 6) is 0.190. The molecule has 1 aliphatic heterocycles. The SMILES string of the molecule is COC(=O)C1=C(C)N=c2s/c(=C/c3ccc(-c4cccc(Cl)c4Cl)o3)c(=O)n2[C@@H]1c1ccc(OC(C)=O)c(OC)c1. The highest BCUT2D eigenvalue weighted by molar-refractivity contribution is 7.07. The Bertz CT molecular complexity index is 1920. The van der Waals surface area contributed by atoms with Crippen molar-refractivity contribution >= 4 is 52.6 Å². The fourth-order valence-corrected chi connectivity index (χ4v) is 5.92. The molecule has 0 aliphatic carbocycles. The minimum absolute atomic E-state index is 0.185. The number of furan rings is 1. The fourth-order valence-electron chi connectivity index (χ4n) is 4.50. The molecule has 0 spiro atoms. The molecule has 1 atom stereocenters. The number of allylic oxidation sites excluding steroid dienone is 1. The zero-order valence-electron chi connectivity index (χ0n) is 22.2. The molecule has 0 radical (unpaired) electrons. The second-order valence-electron chi connectivity index (χ2n) is 8.88. The highest BCUT2D eigenvalue weighted by Gasteiger charge is 2.33. The lowest BCUT2D eigenvalue weighted by Gasteiger charge is -2.25. The van der Waals surface area contributed by atoms with Gasteiger partial charge in [0.25, 0.3) is 5.56 Å². The molecule has 0 fully saturated rings. The zero-order chi connectivity index (χ0) is 29.4. The number of methoxy groups -OCH3 is 2. The van der Waals surface area contributed by atoms with E-state index < -0.39 is 23.5 Å². The maximum Gasteiger partial charge on any atom is 0.338 e. The Labute approximate surface area is 247 Å². The molecule has 2 aromatic heterocycles. The standard InChI is InChI=1S/C29H22Cl2N2O7S/c1-14-24(28(36)38-4)26(16-8-10-21(39-15(2)34)22(12-16)37-3)33-27(35)23(41-29(33)32-14)13-17-9-11-20(40-17)18-6-5-7-19(30)25(18)31/h5-13,26H,1-4H3/b23-13+/t26-/m1/s1. The van der Waals surface area contributed by atoms with Crippen LogP contribution in [0.3, 0.4) is 0 Å². The molecular weight excluding hydrogens is 591 g/mol. The van der Waals surface area contributed by atoms with E-state index in [1.54, 1.807) is 61.5 Å². The molecule has 0 unspecified atom stereocenters. The van der Waals surface area contributed by atoms with Crippen molar-refractivity contribution in [2.24, 2.45) is 4.99 Å². The van der Waals surface area contributed by atoms with Gasteiger partial charge in [-0.15, -0.1) is 0 Å². The predicted octanol–water partition coefficient (Wildman–Crippen LogP) is 4.91. The van der Waals surface area contributed by atoms with E-state index in [1.165, 1.54) is 25.7 Å². The van der Waals surface area contributed by atoms with Crippen molar-refractivity contribution in [3.05, 3.63) is 101 Å². The summed E-state index contributed by atoms with van der Waals surface area (Å²) in [6.45, 7) is 2.95. The van der Waals surface area contributed by atoms with Crippen LogP contribution in [-0.4, -0.2) is 30.7 Å². The van der Waals surface area contributed by atoms with Gasteiger partial charge >= 0.3 is 11.9 Å². The van der Waals surface area contributed by atoms with Crippen LogP contribution in [0.15, 0.2) is 74.0 Å². The molecule has 1 aliphatic rings. The van der Waals surface area contributed by atoms with E-state index in [-0.39, 0.29) is 17.1 Å². The quantitative estimate of drug-likeness (QED) is 0.225. The average Bonchev–Trinajstić information content (AvgIpc) is 3.53.